The first-order chi connectivity index (χ1) is 19.0. The third kappa shape index (κ3) is 5.16. The highest BCUT2D eigenvalue weighted by Gasteiger charge is 2.26. The number of piperidine rings is 1. The number of likely N-dealkylation sites (N-methyl/N-ethyl adjacent to an activating group) is 1. The lowest BCUT2D eigenvalue weighted by Crippen LogP contribution is -2.49. The van der Waals surface area contributed by atoms with Crippen LogP contribution >= 0.6 is 0 Å². The SMILES string of the molecule is COc1cc(O)c2c(=O)cc(-c3ccc(N4CCC(N5CCOCC5)CC4)cc3)oc2c1C1=CCN(C)CC1. The fourth-order valence-electron chi connectivity index (χ4n) is 6.17. The molecule has 2 fully saturated rings. The summed E-state index contributed by atoms with van der Waals surface area (Å²) in [5, 5.41) is 10.9. The number of phenolic OH excluding ortho intramolecular Hbond substituents is 1. The predicted molar refractivity (Wildman–Crippen MR) is 154 cm³/mol. The lowest BCUT2D eigenvalue weighted by atomic mass is 9.95. The van der Waals surface area contributed by atoms with E-state index in [2.05, 4.69) is 40.0 Å². The molecule has 0 atom stereocenters. The number of aromatic hydroxyl groups is 1. The molecule has 0 aliphatic carbocycles. The lowest BCUT2D eigenvalue weighted by Gasteiger charge is -2.40. The van der Waals surface area contributed by atoms with Crippen LogP contribution in [0.2, 0.25) is 0 Å². The number of morpholine rings is 1. The lowest BCUT2D eigenvalue weighted by molar-refractivity contribution is 0.0115. The van der Waals surface area contributed by atoms with Crippen LogP contribution in [-0.4, -0.2) is 87.6 Å². The van der Waals surface area contributed by atoms with Gasteiger partial charge in [0.15, 0.2) is 11.0 Å². The van der Waals surface area contributed by atoms with Gasteiger partial charge in [0.1, 0.15) is 22.6 Å². The number of benzene rings is 2. The Bertz CT molecular complexity index is 1420. The maximum absolute atomic E-state index is 13.2. The van der Waals surface area contributed by atoms with Crippen molar-refractivity contribution in [1.82, 2.24) is 9.80 Å². The molecule has 8 nitrogen and oxygen atoms in total. The Hall–Kier alpha value is -3.33. The van der Waals surface area contributed by atoms with Crippen LogP contribution in [0.25, 0.3) is 27.9 Å². The third-order valence-corrected chi connectivity index (χ3v) is 8.44. The topological polar surface area (TPSA) is 78.6 Å². The Labute approximate surface area is 229 Å². The number of anilines is 1. The zero-order valence-electron chi connectivity index (χ0n) is 22.8. The Morgan fingerprint density at radius 1 is 1.00 bits per heavy atom. The molecule has 1 aromatic heterocycles. The Balaban J connectivity index is 1.28. The van der Waals surface area contributed by atoms with E-state index < -0.39 is 0 Å². The zero-order chi connectivity index (χ0) is 26.9. The van der Waals surface area contributed by atoms with Crippen molar-refractivity contribution in [2.75, 3.05) is 71.5 Å². The normalized spacial score (nSPS) is 19.8. The van der Waals surface area contributed by atoms with Gasteiger partial charge in [0.05, 0.1) is 25.9 Å². The van der Waals surface area contributed by atoms with Gasteiger partial charge in [0.25, 0.3) is 0 Å². The van der Waals surface area contributed by atoms with E-state index in [1.54, 1.807) is 7.11 Å². The van der Waals surface area contributed by atoms with Gasteiger partial charge in [-0.25, -0.2) is 0 Å². The predicted octanol–water partition coefficient (Wildman–Crippen LogP) is 4.19. The van der Waals surface area contributed by atoms with E-state index in [1.165, 1.54) is 17.8 Å². The van der Waals surface area contributed by atoms with E-state index in [-0.39, 0.29) is 16.6 Å². The number of nitrogens with zero attached hydrogens (tertiary/aromatic N) is 3. The summed E-state index contributed by atoms with van der Waals surface area (Å²) in [6.45, 7) is 7.51. The van der Waals surface area contributed by atoms with E-state index in [9.17, 15) is 9.90 Å². The molecule has 0 radical (unpaired) electrons. The number of methoxy groups -OCH3 is 1. The van der Waals surface area contributed by atoms with Crippen LogP contribution in [0.3, 0.4) is 0 Å². The van der Waals surface area contributed by atoms with E-state index in [0.29, 0.717) is 23.1 Å². The summed E-state index contributed by atoms with van der Waals surface area (Å²) in [4.78, 5) is 20.5. The molecular formula is C31H37N3O5. The summed E-state index contributed by atoms with van der Waals surface area (Å²) in [5.41, 5.74) is 3.92. The first kappa shape index (κ1) is 25.9. The third-order valence-electron chi connectivity index (χ3n) is 8.44. The van der Waals surface area contributed by atoms with Gasteiger partial charge in [-0.15, -0.1) is 0 Å². The second-order valence-corrected chi connectivity index (χ2v) is 10.8. The van der Waals surface area contributed by atoms with Crippen molar-refractivity contribution in [3.05, 3.63) is 58.3 Å². The zero-order valence-corrected chi connectivity index (χ0v) is 22.8. The summed E-state index contributed by atoms with van der Waals surface area (Å²) in [7, 11) is 3.65. The minimum Gasteiger partial charge on any atom is -0.507 e. The van der Waals surface area contributed by atoms with Crippen molar-refractivity contribution in [1.29, 1.82) is 0 Å². The van der Waals surface area contributed by atoms with Crippen molar-refractivity contribution in [2.24, 2.45) is 0 Å². The number of rotatable bonds is 5. The highest BCUT2D eigenvalue weighted by molar-refractivity contribution is 5.97. The van der Waals surface area contributed by atoms with Crippen LogP contribution in [0.15, 0.2) is 51.7 Å². The van der Waals surface area contributed by atoms with Crippen LogP contribution in [0, 0.1) is 0 Å². The molecule has 0 amide bonds. The standard InChI is InChI=1S/C31H37N3O5/c1-32-11-7-22(8-12-32)29-28(37-2)20-26(36)30-25(35)19-27(39-31(29)30)21-3-5-23(6-4-21)33-13-9-24(10-14-33)34-15-17-38-18-16-34/h3-7,19-20,24,36H,8-18H2,1-2H3. The summed E-state index contributed by atoms with van der Waals surface area (Å²) < 4.78 is 17.6. The second-order valence-electron chi connectivity index (χ2n) is 10.8. The van der Waals surface area contributed by atoms with Crippen LogP contribution in [0.4, 0.5) is 5.69 Å². The van der Waals surface area contributed by atoms with Crippen LogP contribution in [-0.2, 0) is 4.74 Å². The van der Waals surface area contributed by atoms with E-state index in [1.807, 2.05) is 12.1 Å². The first-order valence-electron chi connectivity index (χ1n) is 13.9. The molecule has 0 saturated carbocycles. The molecule has 2 aromatic carbocycles. The van der Waals surface area contributed by atoms with Gasteiger partial charge < -0.3 is 28.8 Å². The highest BCUT2D eigenvalue weighted by Crippen LogP contribution is 2.41. The molecule has 0 spiro atoms. The highest BCUT2D eigenvalue weighted by atomic mass is 16.5. The molecule has 0 unspecified atom stereocenters. The average molecular weight is 532 g/mol. The molecular weight excluding hydrogens is 494 g/mol. The fourth-order valence-corrected chi connectivity index (χ4v) is 6.17. The monoisotopic (exact) mass is 531 g/mol. The van der Waals surface area contributed by atoms with Gasteiger partial charge in [-0.2, -0.15) is 0 Å². The van der Waals surface area contributed by atoms with Crippen molar-refractivity contribution < 1.29 is 19.0 Å². The molecule has 4 heterocycles. The molecule has 6 rings (SSSR count). The van der Waals surface area contributed by atoms with Crippen molar-refractivity contribution >= 4 is 22.2 Å². The Morgan fingerprint density at radius 2 is 1.74 bits per heavy atom. The summed E-state index contributed by atoms with van der Waals surface area (Å²) in [6, 6.07) is 11.9. The quantitative estimate of drug-likeness (QED) is 0.525. The van der Waals surface area contributed by atoms with Gasteiger partial charge in [-0.1, -0.05) is 6.08 Å². The molecule has 1 N–H and O–H groups in total. The molecule has 39 heavy (non-hydrogen) atoms. The fraction of sp³-hybridized carbons (Fsp3) is 0.452. The minimum absolute atomic E-state index is 0.129. The van der Waals surface area contributed by atoms with Crippen molar-refractivity contribution in [2.45, 2.75) is 25.3 Å². The Morgan fingerprint density at radius 3 is 2.41 bits per heavy atom. The van der Waals surface area contributed by atoms with Gasteiger partial charge in [-0.05, 0) is 56.1 Å². The van der Waals surface area contributed by atoms with Crippen LogP contribution in [0.1, 0.15) is 24.8 Å². The van der Waals surface area contributed by atoms with Crippen molar-refractivity contribution in [3.63, 3.8) is 0 Å². The molecule has 0 bridgehead atoms. The number of phenols is 1. The molecule has 2 saturated heterocycles. The first-order valence-corrected chi connectivity index (χ1v) is 13.9. The van der Waals surface area contributed by atoms with Gasteiger partial charge in [-0.3, -0.25) is 9.69 Å². The second kappa shape index (κ2) is 11.0. The largest absolute Gasteiger partial charge is 0.507 e. The van der Waals surface area contributed by atoms with E-state index >= 15 is 0 Å². The number of ether oxygens (including phenoxy) is 2. The smallest absolute Gasteiger partial charge is 0.197 e. The maximum atomic E-state index is 13.2. The van der Waals surface area contributed by atoms with Crippen LogP contribution < -0.4 is 15.1 Å². The number of fused-ring (bicyclic) bond motifs is 1. The molecule has 206 valence electrons. The molecule has 8 heteroatoms. The van der Waals surface area contributed by atoms with Crippen molar-refractivity contribution in [3.8, 4) is 22.8 Å². The average Bonchev–Trinajstić information content (AvgIpc) is 2.98. The number of hydrogen-bond donors (Lipinski definition) is 1. The molecule has 3 aliphatic rings. The number of hydrogen-bond acceptors (Lipinski definition) is 8. The van der Waals surface area contributed by atoms with Gasteiger partial charge >= 0.3 is 0 Å². The van der Waals surface area contributed by atoms with Gasteiger partial charge in [0, 0.05) is 68.7 Å². The Kier molecular flexibility index (Phi) is 7.34. The van der Waals surface area contributed by atoms with E-state index in [0.717, 1.165) is 88.4 Å². The molecule has 3 aromatic rings. The minimum atomic E-state index is -0.268. The summed E-state index contributed by atoms with van der Waals surface area (Å²) >= 11 is 0. The van der Waals surface area contributed by atoms with E-state index in [4.69, 9.17) is 13.9 Å². The van der Waals surface area contributed by atoms with Gasteiger partial charge in [0.2, 0.25) is 0 Å². The summed E-state index contributed by atoms with van der Waals surface area (Å²) in [5.74, 6) is 0.856. The maximum Gasteiger partial charge on any atom is 0.197 e. The molecule has 3 aliphatic heterocycles. The van der Waals surface area contributed by atoms with Crippen LogP contribution in [0.5, 0.6) is 11.5 Å². The summed E-state index contributed by atoms with van der Waals surface area (Å²) in [6.07, 6.45) is 5.25.